The highest BCUT2D eigenvalue weighted by Crippen LogP contribution is 2.48. The Morgan fingerprint density at radius 2 is 1.61 bits per heavy atom. The number of rotatable bonds is 3. The fourth-order valence-electron chi connectivity index (χ4n) is 4.73. The smallest absolute Gasteiger partial charge is 0.267 e. The topological polar surface area (TPSA) is 62.3 Å². The highest BCUT2D eigenvalue weighted by Gasteiger charge is 2.34. The summed E-state index contributed by atoms with van der Waals surface area (Å²) in [5, 5.41) is 0.593. The van der Waals surface area contributed by atoms with Gasteiger partial charge in [-0.3, -0.25) is 19.4 Å². The zero-order chi connectivity index (χ0) is 24.6. The number of carbonyl (C=O) groups excluding carboxylic acids is 2. The maximum atomic E-state index is 13.6. The number of hydrogen-bond donors (Lipinski definition) is 0. The van der Waals surface area contributed by atoms with Crippen LogP contribution in [-0.2, 0) is 9.59 Å². The van der Waals surface area contributed by atoms with Gasteiger partial charge in [-0.05, 0) is 42.5 Å². The third kappa shape index (κ3) is 4.40. The molecule has 0 radical (unpaired) electrons. The SMILES string of the molecule is O=C([C@@H]1COc2ccccc2O1)N1CCN(CC(=O)N2c3ccccc3Sc3ccc(Cl)cc32)CC1. The largest absolute Gasteiger partial charge is 0.485 e. The summed E-state index contributed by atoms with van der Waals surface area (Å²) in [6, 6.07) is 20.9. The van der Waals surface area contributed by atoms with E-state index >= 15 is 0 Å². The molecule has 184 valence electrons. The van der Waals surface area contributed by atoms with Crippen molar-refractivity contribution in [1.82, 2.24) is 9.80 Å². The molecular weight excluding hydrogens is 498 g/mol. The number of piperazine rings is 1. The summed E-state index contributed by atoms with van der Waals surface area (Å²) in [6.45, 7) is 2.72. The third-order valence-corrected chi connectivity index (χ3v) is 7.93. The number of fused-ring (bicyclic) bond motifs is 3. The molecule has 1 fully saturated rings. The van der Waals surface area contributed by atoms with Gasteiger partial charge in [0.15, 0.2) is 11.5 Å². The molecule has 3 heterocycles. The van der Waals surface area contributed by atoms with Gasteiger partial charge in [0.2, 0.25) is 12.0 Å². The summed E-state index contributed by atoms with van der Waals surface area (Å²) in [7, 11) is 0. The zero-order valence-corrected chi connectivity index (χ0v) is 21.0. The molecule has 1 saturated heterocycles. The molecule has 0 bridgehead atoms. The predicted molar refractivity (Wildman–Crippen MR) is 139 cm³/mol. The first-order valence-electron chi connectivity index (χ1n) is 11.9. The zero-order valence-electron chi connectivity index (χ0n) is 19.4. The molecule has 3 aliphatic heterocycles. The van der Waals surface area contributed by atoms with Crippen molar-refractivity contribution in [3.8, 4) is 11.5 Å². The van der Waals surface area contributed by atoms with Crippen LogP contribution in [0.25, 0.3) is 0 Å². The first kappa shape index (κ1) is 23.2. The minimum absolute atomic E-state index is 0.0216. The highest BCUT2D eigenvalue weighted by atomic mass is 35.5. The quantitative estimate of drug-likeness (QED) is 0.507. The fraction of sp³-hybridized carbons (Fsp3) is 0.259. The second kappa shape index (κ2) is 9.69. The number of ether oxygens (including phenoxy) is 2. The van der Waals surface area contributed by atoms with Crippen molar-refractivity contribution in [1.29, 1.82) is 0 Å². The molecule has 36 heavy (non-hydrogen) atoms. The van der Waals surface area contributed by atoms with Crippen molar-refractivity contribution in [3.05, 3.63) is 71.8 Å². The van der Waals surface area contributed by atoms with E-state index < -0.39 is 6.10 Å². The maximum absolute atomic E-state index is 13.6. The molecule has 2 amide bonds. The Balaban J connectivity index is 1.11. The molecule has 7 nitrogen and oxygen atoms in total. The van der Waals surface area contributed by atoms with E-state index in [1.54, 1.807) is 27.6 Å². The van der Waals surface area contributed by atoms with Crippen molar-refractivity contribution >= 4 is 46.6 Å². The van der Waals surface area contributed by atoms with Gasteiger partial charge in [-0.25, -0.2) is 0 Å². The van der Waals surface area contributed by atoms with Crippen LogP contribution in [0, 0.1) is 0 Å². The Hall–Kier alpha value is -3.20. The number of amides is 2. The summed E-state index contributed by atoms with van der Waals surface area (Å²) < 4.78 is 11.6. The van der Waals surface area contributed by atoms with Crippen molar-refractivity contribution in [2.75, 3.05) is 44.2 Å². The van der Waals surface area contributed by atoms with Crippen LogP contribution in [0.5, 0.6) is 11.5 Å². The number of anilines is 2. The van der Waals surface area contributed by atoms with Crippen molar-refractivity contribution in [3.63, 3.8) is 0 Å². The van der Waals surface area contributed by atoms with Gasteiger partial charge in [0.25, 0.3) is 5.91 Å². The van der Waals surface area contributed by atoms with Gasteiger partial charge in [-0.2, -0.15) is 0 Å². The average molecular weight is 522 g/mol. The first-order chi connectivity index (χ1) is 17.6. The Kier molecular flexibility index (Phi) is 6.25. The van der Waals surface area contributed by atoms with Crippen molar-refractivity contribution in [2.24, 2.45) is 0 Å². The van der Waals surface area contributed by atoms with E-state index in [9.17, 15) is 9.59 Å². The van der Waals surface area contributed by atoms with Crippen molar-refractivity contribution in [2.45, 2.75) is 15.9 Å². The third-order valence-electron chi connectivity index (χ3n) is 6.56. The van der Waals surface area contributed by atoms with Gasteiger partial charge in [0.1, 0.15) is 6.61 Å². The highest BCUT2D eigenvalue weighted by molar-refractivity contribution is 7.99. The minimum Gasteiger partial charge on any atom is -0.485 e. The van der Waals surface area contributed by atoms with Crippen LogP contribution in [0.15, 0.2) is 76.5 Å². The van der Waals surface area contributed by atoms with Crippen LogP contribution in [0.2, 0.25) is 5.02 Å². The lowest BCUT2D eigenvalue weighted by molar-refractivity contribution is -0.143. The van der Waals surface area contributed by atoms with Crippen LogP contribution < -0.4 is 14.4 Å². The minimum atomic E-state index is -0.656. The molecule has 9 heteroatoms. The lowest BCUT2D eigenvalue weighted by Crippen LogP contribution is -2.55. The van der Waals surface area contributed by atoms with E-state index in [2.05, 4.69) is 4.90 Å². The fourth-order valence-corrected chi connectivity index (χ4v) is 5.93. The molecule has 0 unspecified atom stereocenters. The normalized spacial score (nSPS) is 18.9. The van der Waals surface area contributed by atoms with Crippen LogP contribution >= 0.6 is 23.4 Å². The van der Waals surface area contributed by atoms with Crippen LogP contribution in [0.3, 0.4) is 0 Å². The summed E-state index contributed by atoms with van der Waals surface area (Å²) in [5.74, 6) is 1.14. The van der Waals surface area contributed by atoms with Gasteiger partial charge in [-0.15, -0.1) is 0 Å². The average Bonchev–Trinajstić information content (AvgIpc) is 2.91. The van der Waals surface area contributed by atoms with E-state index in [0.717, 1.165) is 21.2 Å². The molecule has 0 N–H and O–H groups in total. The molecule has 6 rings (SSSR count). The van der Waals surface area contributed by atoms with Gasteiger partial charge in [-0.1, -0.05) is 47.6 Å². The van der Waals surface area contributed by atoms with Crippen LogP contribution in [-0.4, -0.2) is 67.0 Å². The first-order valence-corrected chi connectivity index (χ1v) is 13.1. The lowest BCUT2D eigenvalue weighted by Gasteiger charge is -2.38. The van der Waals surface area contributed by atoms with Gasteiger partial charge < -0.3 is 14.4 Å². The second-order valence-electron chi connectivity index (χ2n) is 8.88. The monoisotopic (exact) mass is 521 g/mol. The predicted octanol–water partition coefficient (Wildman–Crippen LogP) is 4.45. The molecule has 3 aromatic rings. The Bertz CT molecular complexity index is 1330. The summed E-state index contributed by atoms with van der Waals surface area (Å²) in [6.07, 6.45) is -0.656. The summed E-state index contributed by atoms with van der Waals surface area (Å²) >= 11 is 7.93. The van der Waals surface area contributed by atoms with E-state index in [4.69, 9.17) is 21.1 Å². The number of hydrogen-bond acceptors (Lipinski definition) is 6. The van der Waals surface area contributed by atoms with Gasteiger partial charge in [0, 0.05) is 41.0 Å². The molecule has 0 aromatic heterocycles. The van der Waals surface area contributed by atoms with E-state index in [0.29, 0.717) is 42.7 Å². The number of nitrogens with zero attached hydrogens (tertiary/aromatic N) is 3. The number of benzene rings is 3. The van der Waals surface area contributed by atoms with Crippen LogP contribution in [0.1, 0.15) is 0 Å². The van der Waals surface area contributed by atoms with E-state index in [-0.39, 0.29) is 25.0 Å². The summed E-state index contributed by atoms with van der Waals surface area (Å²) in [5.41, 5.74) is 1.67. The molecule has 0 aliphatic carbocycles. The molecule has 3 aliphatic rings. The molecule has 1 atom stereocenters. The molecule has 3 aromatic carbocycles. The van der Waals surface area contributed by atoms with E-state index in [1.165, 1.54) is 0 Å². The number of halogens is 1. The molecule has 0 saturated carbocycles. The molecule has 0 spiro atoms. The Labute approximate surface area is 218 Å². The number of para-hydroxylation sites is 3. The maximum Gasteiger partial charge on any atom is 0.267 e. The Morgan fingerprint density at radius 1 is 0.889 bits per heavy atom. The van der Waals surface area contributed by atoms with Crippen LogP contribution in [0.4, 0.5) is 11.4 Å². The van der Waals surface area contributed by atoms with Gasteiger partial charge >= 0.3 is 0 Å². The lowest BCUT2D eigenvalue weighted by atomic mass is 10.2. The molecular formula is C27H24ClN3O4S. The summed E-state index contributed by atoms with van der Waals surface area (Å²) in [4.78, 5) is 34.3. The van der Waals surface area contributed by atoms with E-state index in [1.807, 2.05) is 60.7 Å². The standard InChI is InChI=1S/C27H24ClN3O4S/c28-18-9-10-25-20(15-18)31(19-5-1-4-8-24(19)36-25)26(32)16-29-11-13-30(14-12-29)27(33)23-17-34-21-6-2-3-7-22(21)35-23/h1-10,15,23H,11-14,16-17H2/t23-/m0/s1. The number of carbonyl (C=O) groups is 2. The second-order valence-corrected chi connectivity index (χ2v) is 10.4. The van der Waals surface area contributed by atoms with Crippen molar-refractivity contribution < 1.29 is 19.1 Å². The Morgan fingerprint density at radius 3 is 2.44 bits per heavy atom. The van der Waals surface area contributed by atoms with Gasteiger partial charge in [0.05, 0.1) is 17.9 Å².